The molecule has 0 fully saturated rings. The van der Waals surface area contributed by atoms with Crippen LogP contribution in [-0.2, 0) is 0 Å². The lowest BCUT2D eigenvalue weighted by molar-refractivity contribution is 0.413. The van der Waals surface area contributed by atoms with Gasteiger partial charge >= 0.3 is 0 Å². The van der Waals surface area contributed by atoms with Crippen LogP contribution in [0.25, 0.3) is 0 Å². The van der Waals surface area contributed by atoms with Crippen LogP contribution >= 0.6 is 0 Å². The van der Waals surface area contributed by atoms with E-state index in [1.54, 1.807) is 0 Å². The van der Waals surface area contributed by atoms with Gasteiger partial charge in [-0.3, -0.25) is 0 Å². The Labute approximate surface area is 124 Å². The summed E-state index contributed by atoms with van der Waals surface area (Å²) in [5.41, 5.74) is 1.04. The Morgan fingerprint density at radius 2 is 2.05 bits per heavy atom. The molecule has 0 aliphatic heterocycles. The summed E-state index contributed by atoms with van der Waals surface area (Å²) < 4.78 is 19.5. The topological polar surface area (TPSA) is 47.0 Å². The number of rotatable bonds is 6. The van der Waals surface area contributed by atoms with Crippen molar-refractivity contribution in [1.82, 2.24) is 9.97 Å². The normalized spacial score (nSPS) is 12.0. The number of anilines is 1. The van der Waals surface area contributed by atoms with Crippen LogP contribution in [-0.4, -0.2) is 16.5 Å². The molecule has 0 aliphatic carbocycles. The van der Waals surface area contributed by atoms with Crippen LogP contribution in [0.15, 0.2) is 30.5 Å². The van der Waals surface area contributed by atoms with E-state index < -0.39 is 5.82 Å². The monoisotopic (exact) mass is 289 g/mol. The van der Waals surface area contributed by atoms with E-state index in [2.05, 4.69) is 29.1 Å². The van der Waals surface area contributed by atoms with Gasteiger partial charge in [0.05, 0.1) is 6.20 Å². The van der Waals surface area contributed by atoms with Crippen molar-refractivity contribution < 1.29 is 9.13 Å². The molecule has 2 aromatic rings. The van der Waals surface area contributed by atoms with Gasteiger partial charge in [0, 0.05) is 6.54 Å². The molecule has 5 heteroatoms. The minimum absolute atomic E-state index is 0.0586. The fourth-order valence-corrected chi connectivity index (χ4v) is 1.97. The molecule has 1 aromatic heterocycles. The highest BCUT2D eigenvalue weighted by Crippen LogP contribution is 2.32. The van der Waals surface area contributed by atoms with Crippen molar-refractivity contribution in [3.05, 3.63) is 41.8 Å². The fourth-order valence-electron chi connectivity index (χ4n) is 1.97. The van der Waals surface area contributed by atoms with Gasteiger partial charge in [-0.15, -0.1) is 0 Å². The van der Waals surface area contributed by atoms with Crippen LogP contribution in [0.3, 0.4) is 0 Å². The van der Waals surface area contributed by atoms with Crippen molar-refractivity contribution in [3.63, 3.8) is 0 Å². The maximum atomic E-state index is 13.8. The van der Waals surface area contributed by atoms with E-state index >= 15 is 0 Å². The molecule has 2 rings (SSSR count). The highest BCUT2D eigenvalue weighted by atomic mass is 19.1. The zero-order valence-corrected chi connectivity index (χ0v) is 12.6. The molecular formula is C16H20FN3O. The standard InChI is InChI=1S/C16H20FN3O/c1-4-11(3)12-8-6-7-9-14(12)21-15-13(17)10-19-16(20-15)18-5-2/h6-11H,4-5H2,1-3H3,(H,18,19,20). The molecule has 0 bridgehead atoms. The van der Waals surface area contributed by atoms with Gasteiger partial charge < -0.3 is 10.1 Å². The SMILES string of the molecule is CCNc1ncc(F)c(Oc2ccccc2C(C)CC)n1. The van der Waals surface area contributed by atoms with Gasteiger partial charge in [0.2, 0.25) is 11.8 Å². The second-order valence-corrected chi connectivity index (χ2v) is 4.83. The Balaban J connectivity index is 2.32. The van der Waals surface area contributed by atoms with E-state index in [1.807, 2.05) is 31.2 Å². The summed E-state index contributed by atoms with van der Waals surface area (Å²) in [6.07, 6.45) is 2.10. The largest absolute Gasteiger partial charge is 0.436 e. The molecule has 112 valence electrons. The first-order chi connectivity index (χ1) is 10.2. The van der Waals surface area contributed by atoms with E-state index in [9.17, 15) is 4.39 Å². The first-order valence-electron chi connectivity index (χ1n) is 7.18. The van der Waals surface area contributed by atoms with Crippen molar-refractivity contribution >= 4 is 5.95 Å². The molecule has 0 saturated heterocycles. The summed E-state index contributed by atoms with van der Waals surface area (Å²) in [7, 11) is 0. The van der Waals surface area contributed by atoms with Crippen LogP contribution in [0.5, 0.6) is 11.6 Å². The number of halogens is 1. The molecule has 1 unspecified atom stereocenters. The lowest BCUT2D eigenvalue weighted by atomic mass is 9.98. The third kappa shape index (κ3) is 3.68. The summed E-state index contributed by atoms with van der Waals surface area (Å²) in [5.74, 6) is 0.688. The van der Waals surface area contributed by atoms with E-state index in [1.165, 1.54) is 0 Å². The Bertz CT molecular complexity index is 604. The number of ether oxygens (including phenoxy) is 1. The molecule has 0 amide bonds. The molecule has 1 aromatic carbocycles. The van der Waals surface area contributed by atoms with Crippen LogP contribution in [0, 0.1) is 5.82 Å². The molecule has 0 aliphatic rings. The van der Waals surface area contributed by atoms with Gasteiger partial charge in [-0.1, -0.05) is 32.0 Å². The highest BCUT2D eigenvalue weighted by Gasteiger charge is 2.14. The molecule has 4 nitrogen and oxygen atoms in total. The molecule has 1 heterocycles. The van der Waals surface area contributed by atoms with Crippen molar-refractivity contribution in [1.29, 1.82) is 0 Å². The second kappa shape index (κ2) is 7.02. The highest BCUT2D eigenvalue weighted by molar-refractivity contribution is 5.39. The third-order valence-electron chi connectivity index (χ3n) is 3.32. The summed E-state index contributed by atoms with van der Waals surface area (Å²) in [6.45, 7) is 6.80. The number of nitrogens with one attached hydrogen (secondary N) is 1. The van der Waals surface area contributed by atoms with Gasteiger partial charge in [0.15, 0.2) is 0 Å². The molecule has 1 N–H and O–H groups in total. The minimum atomic E-state index is -0.574. The van der Waals surface area contributed by atoms with Crippen molar-refractivity contribution in [3.8, 4) is 11.6 Å². The van der Waals surface area contributed by atoms with Crippen molar-refractivity contribution in [2.45, 2.75) is 33.1 Å². The predicted octanol–water partition coefficient (Wildman–Crippen LogP) is 4.35. The lowest BCUT2D eigenvalue weighted by Crippen LogP contribution is -2.05. The smallest absolute Gasteiger partial charge is 0.260 e. The molecule has 21 heavy (non-hydrogen) atoms. The number of aromatic nitrogens is 2. The zero-order valence-electron chi connectivity index (χ0n) is 12.6. The van der Waals surface area contributed by atoms with E-state index in [4.69, 9.17) is 4.74 Å². The predicted molar refractivity (Wildman–Crippen MR) is 81.4 cm³/mol. The van der Waals surface area contributed by atoms with E-state index in [0.717, 1.165) is 18.2 Å². The van der Waals surface area contributed by atoms with Gasteiger partial charge in [-0.25, -0.2) is 4.98 Å². The van der Waals surface area contributed by atoms with Crippen LogP contribution in [0.2, 0.25) is 0 Å². The van der Waals surface area contributed by atoms with Gasteiger partial charge in [0.1, 0.15) is 5.75 Å². The van der Waals surface area contributed by atoms with E-state index in [-0.39, 0.29) is 5.88 Å². The maximum absolute atomic E-state index is 13.8. The van der Waals surface area contributed by atoms with Gasteiger partial charge in [-0.05, 0) is 30.9 Å². The summed E-state index contributed by atoms with van der Waals surface area (Å²) >= 11 is 0. The number of benzene rings is 1. The van der Waals surface area contributed by atoms with Crippen LogP contribution in [0.1, 0.15) is 38.7 Å². The lowest BCUT2D eigenvalue weighted by Gasteiger charge is -2.15. The molecular weight excluding hydrogens is 269 g/mol. The quantitative estimate of drug-likeness (QED) is 0.858. The Kier molecular flexibility index (Phi) is 5.09. The summed E-state index contributed by atoms with van der Waals surface area (Å²) in [4.78, 5) is 7.93. The van der Waals surface area contributed by atoms with E-state index in [0.29, 0.717) is 24.2 Å². The number of nitrogens with zero attached hydrogens (tertiary/aromatic N) is 2. The first kappa shape index (κ1) is 15.2. The molecule has 0 radical (unpaired) electrons. The Morgan fingerprint density at radius 3 is 2.76 bits per heavy atom. The zero-order chi connectivity index (χ0) is 15.2. The van der Waals surface area contributed by atoms with Gasteiger partial charge in [0.25, 0.3) is 5.88 Å². The number of hydrogen-bond acceptors (Lipinski definition) is 4. The van der Waals surface area contributed by atoms with Crippen LogP contribution < -0.4 is 10.1 Å². The average Bonchev–Trinajstić information content (AvgIpc) is 2.50. The minimum Gasteiger partial charge on any atom is -0.436 e. The van der Waals surface area contributed by atoms with Crippen molar-refractivity contribution in [2.75, 3.05) is 11.9 Å². The summed E-state index contributed by atoms with van der Waals surface area (Å²) in [5, 5.41) is 2.94. The maximum Gasteiger partial charge on any atom is 0.260 e. The van der Waals surface area contributed by atoms with Crippen LogP contribution in [0.4, 0.5) is 10.3 Å². The fraction of sp³-hybridized carbons (Fsp3) is 0.375. The van der Waals surface area contributed by atoms with Gasteiger partial charge in [-0.2, -0.15) is 9.37 Å². The molecule has 1 atom stereocenters. The van der Waals surface area contributed by atoms with Crippen molar-refractivity contribution in [2.24, 2.45) is 0 Å². The second-order valence-electron chi connectivity index (χ2n) is 4.83. The molecule has 0 saturated carbocycles. The first-order valence-corrected chi connectivity index (χ1v) is 7.18. The Morgan fingerprint density at radius 1 is 1.29 bits per heavy atom. The summed E-state index contributed by atoms with van der Waals surface area (Å²) in [6, 6.07) is 7.64. The average molecular weight is 289 g/mol. The number of para-hydroxylation sites is 1. The number of hydrogen-bond donors (Lipinski definition) is 1. The third-order valence-corrected chi connectivity index (χ3v) is 3.32. The Hall–Kier alpha value is -2.17. The molecule has 0 spiro atoms.